The molecule has 0 spiro atoms. The highest BCUT2D eigenvalue weighted by molar-refractivity contribution is 9.10. The van der Waals surface area contributed by atoms with E-state index in [0.29, 0.717) is 5.69 Å². The smallest absolute Gasteiger partial charge is 0.319 e. The third kappa shape index (κ3) is 3.32. The van der Waals surface area contributed by atoms with Crippen molar-refractivity contribution < 1.29 is 14.7 Å². The van der Waals surface area contributed by atoms with Gasteiger partial charge in [0.25, 0.3) is 0 Å². The summed E-state index contributed by atoms with van der Waals surface area (Å²) in [5.41, 5.74) is -0.900. The number of halogens is 1. The highest BCUT2D eigenvalue weighted by Gasteiger charge is 2.43. The molecule has 19 heavy (non-hydrogen) atoms. The lowest BCUT2D eigenvalue weighted by Gasteiger charge is -2.23. The van der Waals surface area contributed by atoms with E-state index in [1.165, 1.54) is 6.92 Å². The third-order valence-corrected chi connectivity index (χ3v) is 3.68. The molecule has 6 heteroatoms. The normalized spacial score (nSPS) is 17.6. The van der Waals surface area contributed by atoms with E-state index >= 15 is 0 Å². The van der Waals surface area contributed by atoms with Gasteiger partial charge in [-0.05, 0) is 47.8 Å². The fourth-order valence-electron chi connectivity index (χ4n) is 1.70. The number of carboxylic acids is 1. The van der Waals surface area contributed by atoms with Crippen LogP contribution < -0.4 is 5.32 Å². The maximum absolute atomic E-state index is 12.1. The first kappa shape index (κ1) is 14.0. The quantitative estimate of drug-likeness (QED) is 0.808. The fraction of sp³-hybridized carbons (Fsp3) is 0.462. The number of carbonyl (C=O) groups is 2. The third-order valence-electron chi connectivity index (χ3n) is 3.21. The summed E-state index contributed by atoms with van der Waals surface area (Å²) >= 11 is 3.27. The first-order chi connectivity index (χ1) is 8.91. The van der Waals surface area contributed by atoms with Gasteiger partial charge in [-0.25, -0.2) is 0 Å². The highest BCUT2D eigenvalue weighted by atomic mass is 79.9. The van der Waals surface area contributed by atoms with Gasteiger partial charge < -0.3 is 10.4 Å². The van der Waals surface area contributed by atoms with Gasteiger partial charge in [0.05, 0.1) is 0 Å². The molecule has 5 nitrogen and oxygen atoms in total. The average molecular weight is 327 g/mol. The van der Waals surface area contributed by atoms with Crippen molar-refractivity contribution >= 4 is 27.8 Å². The van der Waals surface area contributed by atoms with Crippen molar-refractivity contribution in [3.8, 4) is 0 Å². The fourth-order valence-corrected chi connectivity index (χ4v) is 1.93. The predicted octanol–water partition coefficient (Wildman–Crippen LogP) is 1.76. The Hall–Kier alpha value is -1.43. The van der Waals surface area contributed by atoms with Crippen LogP contribution in [-0.2, 0) is 16.0 Å². The van der Waals surface area contributed by atoms with Crippen LogP contribution in [0.3, 0.4) is 0 Å². The van der Waals surface area contributed by atoms with Gasteiger partial charge >= 0.3 is 5.97 Å². The summed E-state index contributed by atoms with van der Waals surface area (Å²) in [6.07, 6.45) is 3.53. The van der Waals surface area contributed by atoms with E-state index in [9.17, 15) is 14.7 Å². The Labute approximate surface area is 119 Å². The Balaban J connectivity index is 2.15. The summed E-state index contributed by atoms with van der Waals surface area (Å²) < 4.78 is 0.815. The van der Waals surface area contributed by atoms with Crippen LogP contribution in [0.15, 0.2) is 22.8 Å². The Morgan fingerprint density at radius 2 is 2.21 bits per heavy atom. The van der Waals surface area contributed by atoms with Gasteiger partial charge in [0.15, 0.2) is 0 Å². The molecule has 0 aliphatic heterocycles. The minimum Gasteiger partial charge on any atom is -0.480 e. The van der Waals surface area contributed by atoms with E-state index in [-0.39, 0.29) is 12.5 Å². The number of amides is 1. The first-order valence-electron chi connectivity index (χ1n) is 6.06. The van der Waals surface area contributed by atoms with Crippen LogP contribution >= 0.6 is 15.9 Å². The number of nitrogens with one attached hydrogen (secondary N) is 1. The summed E-state index contributed by atoms with van der Waals surface area (Å²) in [4.78, 5) is 27.7. The van der Waals surface area contributed by atoms with E-state index in [4.69, 9.17) is 0 Å². The van der Waals surface area contributed by atoms with E-state index in [1.807, 2.05) is 0 Å². The van der Waals surface area contributed by atoms with Crippen molar-refractivity contribution in [1.29, 1.82) is 0 Å². The Morgan fingerprint density at radius 3 is 2.68 bits per heavy atom. The largest absolute Gasteiger partial charge is 0.480 e. The Bertz CT molecular complexity index is 499. The zero-order valence-electron chi connectivity index (χ0n) is 10.5. The van der Waals surface area contributed by atoms with Gasteiger partial charge in [0.2, 0.25) is 5.91 Å². The molecule has 1 aromatic rings. The summed E-state index contributed by atoms with van der Waals surface area (Å²) in [7, 11) is 0. The second-order valence-corrected chi connectivity index (χ2v) is 5.95. The molecule has 2 rings (SSSR count). The Kier molecular flexibility index (Phi) is 3.89. The molecule has 1 amide bonds. The lowest BCUT2D eigenvalue weighted by molar-refractivity contribution is -0.154. The Morgan fingerprint density at radius 1 is 1.53 bits per heavy atom. The van der Waals surface area contributed by atoms with Crippen LogP contribution in [0.2, 0.25) is 0 Å². The number of carboxylic acid groups (broad SMARTS) is 1. The molecule has 0 aromatic carbocycles. The molecular formula is C13H15BrN2O3. The molecule has 0 radical (unpaired) electrons. The number of hydrogen-bond acceptors (Lipinski definition) is 3. The maximum Gasteiger partial charge on any atom is 0.319 e. The minimum absolute atomic E-state index is 0.0775. The molecule has 1 aliphatic carbocycles. The standard InChI is InChI=1S/C13H15BrN2O3/c1-13(12(18)19,11(17)16-9-4-5-9)6-10-3-2-8(14)7-15-10/h2-3,7,9H,4-6H2,1H3,(H,16,17)(H,18,19). The van der Waals surface area contributed by atoms with Crippen molar-refractivity contribution in [2.75, 3.05) is 0 Å². The van der Waals surface area contributed by atoms with Crippen LogP contribution in [0, 0.1) is 5.41 Å². The van der Waals surface area contributed by atoms with Crippen molar-refractivity contribution in [2.24, 2.45) is 5.41 Å². The molecule has 1 atom stereocenters. The zero-order chi connectivity index (χ0) is 14.0. The second kappa shape index (κ2) is 5.28. The SMILES string of the molecule is CC(Cc1ccc(Br)cn1)(C(=O)O)C(=O)NC1CC1. The number of hydrogen-bond donors (Lipinski definition) is 2. The van der Waals surface area contributed by atoms with Crippen LogP contribution in [0.4, 0.5) is 0 Å². The average Bonchev–Trinajstić information content (AvgIpc) is 3.15. The van der Waals surface area contributed by atoms with Gasteiger partial charge in [-0.1, -0.05) is 0 Å². The molecule has 0 bridgehead atoms. The molecule has 1 fully saturated rings. The van der Waals surface area contributed by atoms with E-state index in [1.54, 1.807) is 18.3 Å². The van der Waals surface area contributed by atoms with Crippen LogP contribution in [0.25, 0.3) is 0 Å². The molecule has 1 unspecified atom stereocenters. The number of pyridine rings is 1. The topological polar surface area (TPSA) is 79.3 Å². The van der Waals surface area contributed by atoms with Crippen molar-refractivity contribution in [1.82, 2.24) is 10.3 Å². The highest BCUT2D eigenvalue weighted by Crippen LogP contribution is 2.26. The first-order valence-corrected chi connectivity index (χ1v) is 6.86. The summed E-state index contributed by atoms with van der Waals surface area (Å²) in [6.45, 7) is 1.44. The minimum atomic E-state index is -1.48. The van der Waals surface area contributed by atoms with E-state index in [0.717, 1.165) is 17.3 Å². The molecular weight excluding hydrogens is 312 g/mol. The molecule has 102 valence electrons. The summed E-state index contributed by atoms with van der Waals surface area (Å²) in [5.74, 6) is -1.57. The van der Waals surface area contributed by atoms with Crippen LogP contribution in [0.5, 0.6) is 0 Å². The van der Waals surface area contributed by atoms with Gasteiger partial charge in [-0.3, -0.25) is 14.6 Å². The lowest BCUT2D eigenvalue weighted by atomic mass is 9.84. The van der Waals surface area contributed by atoms with E-state index in [2.05, 4.69) is 26.2 Å². The maximum atomic E-state index is 12.1. The van der Waals surface area contributed by atoms with Crippen molar-refractivity contribution in [2.45, 2.75) is 32.2 Å². The number of rotatable bonds is 5. The lowest BCUT2D eigenvalue weighted by Crippen LogP contribution is -2.46. The van der Waals surface area contributed by atoms with Gasteiger partial charge in [0.1, 0.15) is 5.41 Å². The number of aliphatic carboxylic acids is 1. The molecule has 2 N–H and O–H groups in total. The van der Waals surface area contributed by atoms with Crippen LogP contribution in [0.1, 0.15) is 25.5 Å². The van der Waals surface area contributed by atoms with Crippen molar-refractivity contribution in [3.05, 3.63) is 28.5 Å². The number of carbonyl (C=O) groups excluding carboxylic acids is 1. The predicted molar refractivity (Wildman–Crippen MR) is 72.5 cm³/mol. The van der Waals surface area contributed by atoms with Crippen molar-refractivity contribution in [3.63, 3.8) is 0 Å². The van der Waals surface area contributed by atoms with Gasteiger partial charge in [-0.15, -0.1) is 0 Å². The van der Waals surface area contributed by atoms with Gasteiger partial charge in [0, 0.05) is 28.8 Å². The monoisotopic (exact) mass is 326 g/mol. The zero-order valence-corrected chi connectivity index (χ0v) is 12.1. The summed E-state index contributed by atoms with van der Waals surface area (Å²) in [5, 5.41) is 12.1. The summed E-state index contributed by atoms with van der Waals surface area (Å²) in [6, 6.07) is 3.64. The van der Waals surface area contributed by atoms with E-state index < -0.39 is 17.3 Å². The molecule has 1 aromatic heterocycles. The van der Waals surface area contributed by atoms with Gasteiger partial charge in [-0.2, -0.15) is 0 Å². The van der Waals surface area contributed by atoms with Crippen LogP contribution in [-0.4, -0.2) is 28.0 Å². The molecule has 1 saturated carbocycles. The second-order valence-electron chi connectivity index (χ2n) is 5.03. The molecule has 1 aliphatic rings. The molecule has 1 heterocycles. The number of aromatic nitrogens is 1. The molecule has 0 saturated heterocycles. The number of nitrogens with zero attached hydrogens (tertiary/aromatic N) is 1.